The maximum Gasteiger partial charge on any atom is 0.264 e. The zero-order chi connectivity index (χ0) is 19.5. The van der Waals surface area contributed by atoms with Crippen LogP contribution in [0.5, 0.6) is 0 Å². The lowest BCUT2D eigenvalue weighted by atomic mass is 9.92. The van der Waals surface area contributed by atoms with E-state index in [1.54, 1.807) is 24.4 Å². The van der Waals surface area contributed by atoms with Crippen LogP contribution in [0.1, 0.15) is 23.1 Å². The van der Waals surface area contributed by atoms with Crippen LogP contribution in [0.3, 0.4) is 0 Å². The fraction of sp³-hybridized carbons (Fsp3) is 0.0952. The van der Waals surface area contributed by atoms with E-state index in [1.807, 2.05) is 30.3 Å². The molecule has 0 aromatic heterocycles. The highest BCUT2D eigenvalue weighted by atomic mass is 35.5. The third-order valence-corrected chi connectivity index (χ3v) is 5.98. The lowest BCUT2D eigenvalue weighted by molar-refractivity contribution is -0.115. The number of nitrogens with zero attached hydrogens (tertiary/aromatic N) is 2. The minimum absolute atomic E-state index is 0.197. The fourth-order valence-corrected chi connectivity index (χ4v) is 4.19. The summed E-state index contributed by atoms with van der Waals surface area (Å²) in [5, 5.41) is 12.8. The van der Waals surface area contributed by atoms with Crippen molar-refractivity contribution in [2.24, 2.45) is 10.2 Å². The average molecular weight is 428 g/mol. The number of hydrogen-bond donors (Lipinski definition) is 1. The van der Waals surface area contributed by atoms with E-state index >= 15 is 0 Å². The Kier molecular flexibility index (Phi) is 5.67. The number of amides is 1. The molecule has 1 heterocycles. The lowest BCUT2D eigenvalue weighted by Crippen LogP contribution is -2.19. The predicted octanol–water partition coefficient (Wildman–Crippen LogP) is 5.48. The minimum atomic E-state index is -0.197. The summed E-state index contributed by atoms with van der Waals surface area (Å²) in [6.07, 6.45) is 5.19. The molecule has 1 aliphatic carbocycles. The summed E-state index contributed by atoms with van der Waals surface area (Å²) in [4.78, 5) is 12.7. The van der Waals surface area contributed by atoms with Gasteiger partial charge >= 0.3 is 0 Å². The average Bonchev–Trinajstić information content (AvgIpc) is 3.05. The molecule has 140 valence electrons. The van der Waals surface area contributed by atoms with Gasteiger partial charge in [0.05, 0.1) is 16.2 Å². The van der Waals surface area contributed by atoms with E-state index < -0.39 is 0 Å². The SMILES string of the molecule is O=C1N/C(=N\N=C\C2=C(Cl)c3ccccc3CC2)S/C1=C/c1ccc(Cl)cc1. The molecule has 4 nitrogen and oxygen atoms in total. The van der Waals surface area contributed by atoms with Gasteiger partial charge < -0.3 is 0 Å². The highest BCUT2D eigenvalue weighted by molar-refractivity contribution is 8.18. The smallest absolute Gasteiger partial charge is 0.264 e. The van der Waals surface area contributed by atoms with Crippen molar-refractivity contribution in [2.75, 3.05) is 0 Å². The molecule has 1 fully saturated rings. The normalized spacial score (nSPS) is 19.6. The second kappa shape index (κ2) is 8.35. The number of fused-ring (bicyclic) bond motifs is 1. The van der Waals surface area contributed by atoms with E-state index in [0.717, 1.165) is 29.5 Å². The summed E-state index contributed by atoms with van der Waals surface area (Å²) >= 11 is 13.6. The zero-order valence-corrected chi connectivity index (χ0v) is 17.0. The van der Waals surface area contributed by atoms with Crippen LogP contribution >= 0.6 is 35.0 Å². The van der Waals surface area contributed by atoms with Crippen molar-refractivity contribution in [1.29, 1.82) is 0 Å². The van der Waals surface area contributed by atoms with Crippen molar-refractivity contribution in [3.8, 4) is 0 Å². The van der Waals surface area contributed by atoms with Crippen molar-refractivity contribution >= 4 is 63.4 Å². The van der Waals surface area contributed by atoms with E-state index in [9.17, 15) is 4.79 Å². The molecule has 1 saturated heterocycles. The van der Waals surface area contributed by atoms with E-state index in [0.29, 0.717) is 20.1 Å². The summed E-state index contributed by atoms with van der Waals surface area (Å²) in [6, 6.07) is 15.4. The molecule has 1 N–H and O–H groups in total. The first-order valence-corrected chi connectivity index (χ1v) is 10.2. The number of hydrogen-bond acceptors (Lipinski definition) is 4. The van der Waals surface area contributed by atoms with Gasteiger partial charge in [0.25, 0.3) is 5.91 Å². The number of benzene rings is 2. The van der Waals surface area contributed by atoms with Crippen molar-refractivity contribution in [3.05, 3.63) is 80.7 Å². The molecular formula is C21H15Cl2N3OS. The number of nitrogens with one attached hydrogen (secondary N) is 1. The van der Waals surface area contributed by atoms with Gasteiger partial charge in [0, 0.05) is 5.02 Å². The third kappa shape index (κ3) is 4.22. The Hall–Kier alpha value is -2.34. The van der Waals surface area contributed by atoms with Crippen molar-refractivity contribution in [2.45, 2.75) is 12.8 Å². The Morgan fingerprint density at radius 1 is 1.04 bits per heavy atom. The molecule has 1 amide bonds. The van der Waals surface area contributed by atoms with Gasteiger partial charge in [0.1, 0.15) is 0 Å². The monoisotopic (exact) mass is 427 g/mol. The lowest BCUT2D eigenvalue weighted by Gasteiger charge is -2.16. The third-order valence-electron chi connectivity index (χ3n) is 4.38. The van der Waals surface area contributed by atoms with Crippen LogP contribution < -0.4 is 5.32 Å². The van der Waals surface area contributed by atoms with Crippen LogP contribution in [-0.4, -0.2) is 17.3 Å². The van der Waals surface area contributed by atoms with Crippen LogP contribution in [0.2, 0.25) is 5.02 Å². The first-order valence-electron chi connectivity index (χ1n) is 8.64. The molecule has 0 radical (unpaired) electrons. The van der Waals surface area contributed by atoms with E-state index in [-0.39, 0.29) is 5.91 Å². The summed E-state index contributed by atoms with van der Waals surface area (Å²) < 4.78 is 0. The molecule has 0 saturated carbocycles. The number of aryl methyl sites for hydroxylation is 1. The Bertz CT molecular complexity index is 1060. The van der Waals surface area contributed by atoms with Gasteiger partial charge in [-0.3, -0.25) is 10.1 Å². The van der Waals surface area contributed by atoms with Crippen LogP contribution in [0.25, 0.3) is 11.1 Å². The number of allylic oxidation sites excluding steroid dienone is 1. The van der Waals surface area contributed by atoms with Crippen LogP contribution in [0, 0.1) is 0 Å². The van der Waals surface area contributed by atoms with E-state index in [2.05, 4.69) is 21.6 Å². The topological polar surface area (TPSA) is 53.8 Å². The molecule has 2 aromatic rings. The van der Waals surface area contributed by atoms with E-state index in [4.69, 9.17) is 23.2 Å². The fourth-order valence-electron chi connectivity index (χ4n) is 2.96. The number of halogens is 2. The Morgan fingerprint density at radius 2 is 1.82 bits per heavy atom. The standard InChI is InChI=1S/C21H15Cl2N3OS/c22-16-9-5-13(6-10-16)11-18-20(27)25-21(28-18)26-24-12-15-8-7-14-3-1-2-4-17(14)19(15)23/h1-6,9-12H,7-8H2,(H,25,26,27)/b18-11+,24-12+. The summed E-state index contributed by atoms with van der Waals surface area (Å²) in [5.74, 6) is -0.197. The molecule has 0 unspecified atom stereocenters. The van der Waals surface area contributed by atoms with Gasteiger partial charge in [0.2, 0.25) is 0 Å². The molecular weight excluding hydrogens is 413 g/mol. The van der Waals surface area contributed by atoms with Gasteiger partial charge in [-0.1, -0.05) is 59.6 Å². The number of rotatable bonds is 3. The molecule has 2 aromatic carbocycles. The van der Waals surface area contributed by atoms with Crippen LogP contribution in [0.15, 0.2) is 69.2 Å². The maximum absolute atomic E-state index is 12.1. The molecule has 1 aliphatic heterocycles. The second-order valence-corrected chi connectivity index (χ2v) is 8.11. The van der Waals surface area contributed by atoms with Crippen LogP contribution in [-0.2, 0) is 11.2 Å². The Balaban J connectivity index is 1.49. The number of amidine groups is 1. The van der Waals surface area contributed by atoms with Crippen molar-refractivity contribution < 1.29 is 4.79 Å². The highest BCUT2D eigenvalue weighted by Crippen LogP contribution is 2.33. The minimum Gasteiger partial charge on any atom is -0.299 e. The van der Waals surface area contributed by atoms with E-state index in [1.165, 1.54) is 17.3 Å². The van der Waals surface area contributed by atoms with Gasteiger partial charge in [-0.2, -0.15) is 5.10 Å². The van der Waals surface area contributed by atoms with Gasteiger partial charge in [-0.15, -0.1) is 5.10 Å². The summed E-state index contributed by atoms with van der Waals surface area (Å²) in [6.45, 7) is 0. The Morgan fingerprint density at radius 3 is 2.64 bits per heavy atom. The highest BCUT2D eigenvalue weighted by Gasteiger charge is 2.24. The maximum atomic E-state index is 12.1. The quantitative estimate of drug-likeness (QED) is 0.400. The summed E-state index contributed by atoms with van der Waals surface area (Å²) in [5.41, 5.74) is 4.12. The molecule has 28 heavy (non-hydrogen) atoms. The molecule has 0 atom stereocenters. The number of thioether (sulfide) groups is 1. The molecule has 0 spiro atoms. The molecule has 2 aliphatic rings. The number of carbonyl (C=O) groups excluding carboxylic acids is 1. The largest absolute Gasteiger partial charge is 0.299 e. The second-order valence-electron chi connectivity index (χ2n) is 6.26. The Labute approximate surface area is 177 Å². The molecule has 7 heteroatoms. The van der Waals surface area contributed by atoms with Crippen molar-refractivity contribution in [1.82, 2.24) is 5.32 Å². The number of carbonyl (C=O) groups is 1. The zero-order valence-electron chi connectivity index (χ0n) is 14.7. The van der Waals surface area contributed by atoms with Crippen LogP contribution in [0.4, 0.5) is 0 Å². The molecule has 0 bridgehead atoms. The van der Waals surface area contributed by atoms with Gasteiger partial charge in [-0.05, 0) is 65.1 Å². The molecule has 4 rings (SSSR count). The first-order chi connectivity index (χ1) is 13.6. The predicted molar refractivity (Wildman–Crippen MR) is 119 cm³/mol. The first kappa shape index (κ1) is 19.0. The van der Waals surface area contributed by atoms with Gasteiger partial charge in [0.15, 0.2) is 5.17 Å². The van der Waals surface area contributed by atoms with Crippen molar-refractivity contribution in [3.63, 3.8) is 0 Å². The summed E-state index contributed by atoms with van der Waals surface area (Å²) in [7, 11) is 0. The van der Waals surface area contributed by atoms with Gasteiger partial charge in [-0.25, -0.2) is 0 Å².